The van der Waals surface area contributed by atoms with E-state index in [2.05, 4.69) is 23.5 Å². The minimum atomic E-state index is -1.25. The average molecular weight is 420 g/mol. The van der Waals surface area contributed by atoms with Gasteiger partial charge in [0.25, 0.3) is 5.69 Å². The molecule has 1 fully saturated rings. The SMILES string of the molecule is O=C(O)CCC1(S)NN(c2ccccc2)N(c2ccc([N+](=O)[O-])cc2[N+](=O)[O-])N1. The number of aliphatic carboxylic acids is 1. The van der Waals surface area contributed by atoms with Crippen LogP contribution >= 0.6 is 12.6 Å². The molecule has 0 aromatic heterocycles. The van der Waals surface area contributed by atoms with Gasteiger partial charge in [0.1, 0.15) is 0 Å². The van der Waals surface area contributed by atoms with Crippen molar-refractivity contribution in [2.45, 2.75) is 17.8 Å². The van der Waals surface area contributed by atoms with Crippen LogP contribution in [0.2, 0.25) is 0 Å². The number of rotatable bonds is 7. The fourth-order valence-corrected chi connectivity index (χ4v) is 3.04. The van der Waals surface area contributed by atoms with Gasteiger partial charge in [-0.25, -0.2) is 0 Å². The van der Waals surface area contributed by atoms with Crippen LogP contribution in [0.3, 0.4) is 0 Å². The Hall–Kier alpha value is -3.42. The molecule has 1 unspecified atom stereocenters. The molecule has 1 atom stereocenters. The van der Waals surface area contributed by atoms with Gasteiger partial charge in [0.2, 0.25) is 0 Å². The highest BCUT2D eigenvalue weighted by Gasteiger charge is 2.42. The second kappa shape index (κ2) is 7.90. The molecule has 0 amide bonds. The van der Waals surface area contributed by atoms with Crippen molar-refractivity contribution in [2.75, 3.05) is 10.2 Å². The molecule has 0 bridgehead atoms. The van der Waals surface area contributed by atoms with Gasteiger partial charge in [0.15, 0.2) is 10.7 Å². The van der Waals surface area contributed by atoms with Crippen molar-refractivity contribution in [1.29, 1.82) is 0 Å². The highest BCUT2D eigenvalue weighted by atomic mass is 32.1. The summed E-state index contributed by atoms with van der Waals surface area (Å²) in [6.45, 7) is 0. The van der Waals surface area contributed by atoms with Gasteiger partial charge in [0.05, 0.1) is 21.6 Å². The predicted octanol–water partition coefficient (Wildman–Crippen LogP) is 2.20. The molecule has 0 saturated carbocycles. The lowest BCUT2D eigenvalue weighted by Gasteiger charge is -2.28. The van der Waals surface area contributed by atoms with E-state index >= 15 is 0 Å². The number of nitro benzene ring substituents is 2. The first-order valence-electron chi connectivity index (χ1n) is 8.28. The number of non-ortho nitro benzene ring substituents is 1. The summed E-state index contributed by atoms with van der Waals surface area (Å²) < 4.78 is 0. The summed E-state index contributed by atoms with van der Waals surface area (Å²) in [5.74, 6) is -1.03. The molecular formula is C16H16N6O6S. The topological polar surface area (TPSA) is 154 Å². The molecule has 2 aromatic rings. The highest BCUT2D eigenvalue weighted by Crippen LogP contribution is 2.36. The summed E-state index contributed by atoms with van der Waals surface area (Å²) in [6, 6.07) is 11.9. The van der Waals surface area contributed by atoms with E-state index in [0.717, 1.165) is 12.1 Å². The Balaban J connectivity index is 2.05. The lowest BCUT2D eigenvalue weighted by Crippen LogP contribution is -2.46. The van der Waals surface area contributed by atoms with Crippen LogP contribution in [-0.4, -0.2) is 25.9 Å². The number of anilines is 2. The number of hydrazine groups is 3. The molecule has 2 aromatic carbocycles. The molecule has 0 radical (unpaired) electrons. The van der Waals surface area contributed by atoms with E-state index in [-0.39, 0.29) is 18.5 Å². The number of thiol groups is 1. The van der Waals surface area contributed by atoms with Gasteiger partial charge in [-0.1, -0.05) is 18.2 Å². The lowest BCUT2D eigenvalue weighted by atomic mass is 10.2. The molecule has 1 aliphatic rings. The second-order valence-corrected chi connectivity index (χ2v) is 6.89. The van der Waals surface area contributed by atoms with Crippen LogP contribution in [0.4, 0.5) is 22.7 Å². The Morgan fingerprint density at radius 3 is 2.31 bits per heavy atom. The normalized spacial score (nSPS) is 18.7. The minimum absolute atomic E-state index is 0.00297. The fourth-order valence-electron chi connectivity index (χ4n) is 2.74. The number of carbonyl (C=O) groups is 1. The third kappa shape index (κ3) is 4.37. The summed E-state index contributed by atoms with van der Waals surface area (Å²) in [5.41, 5.74) is 5.52. The highest BCUT2D eigenvalue weighted by molar-refractivity contribution is 7.81. The van der Waals surface area contributed by atoms with E-state index < -0.39 is 32.2 Å². The third-order valence-electron chi connectivity index (χ3n) is 4.08. The smallest absolute Gasteiger partial charge is 0.303 e. The number of hydrogen-bond acceptors (Lipinski definition) is 10. The minimum Gasteiger partial charge on any atom is -0.481 e. The van der Waals surface area contributed by atoms with Crippen molar-refractivity contribution < 1.29 is 19.7 Å². The van der Waals surface area contributed by atoms with Crippen LogP contribution < -0.4 is 21.1 Å². The molecule has 0 spiro atoms. The van der Waals surface area contributed by atoms with Crippen molar-refractivity contribution in [3.63, 3.8) is 0 Å². The van der Waals surface area contributed by atoms with Crippen LogP contribution in [0.15, 0.2) is 48.5 Å². The van der Waals surface area contributed by atoms with Gasteiger partial charge in [0, 0.05) is 18.9 Å². The summed E-state index contributed by atoms with van der Waals surface area (Å²) in [6.07, 6.45) is -0.186. The second-order valence-electron chi connectivity index (χ2n) is 6.12. The Morgan fingerprint density at radius 1 is 1.07 bits per heavy atom. The van der Waals surface area contributed by atoms with Crippen molar-refractivity contribution in [3.8, 4) is 0 Å². The van der Waals surface area contributed by atoms with Crippen molar-refractivity contribution in [2.24, 2.45) is 0 Å². The van der Waals surface area contributed by atoms with Crippen LogP contribution in [0.5, 0.6) is 0 Å². The van der Waals surface area contributed by atoms with E-state index in [0.29, 0.717) is 5.69 Å². The molecule has 3 N–H and O–H groups in total. The number of nitrogens with zero attached hydrogens (tertiary/aromatic N) is 4. The van der Waals surface area contributed by atoms with Crippen molar-refractivity contribution in [3.05, 3.63) is 68.8 Å². The van der Waals surface area contributed by atoms with E-state index in [1.165, 1.54) is 16.3 Å². The molecule has 13 heteroatoms. The van der Waals surface area contributed by atoms with Crippen LogP contribution in [-0.2, 0) is 4.79 Å². The molecule has 1 aliphatic heterocycles. The first-order valence-corrected chi connectivity index (χ1v) is 8.73. The van der Waals surface area contributed by atoms with Gasteiger partial charge in [-0.05, 0) is 18.2 Å². The van der Waals surface area contributed by atoms with Gasteiger partial charge in [-0.2, -0.15) is 21.1 Å². The van der Waals surface area contributed by atoms with Gasteiger partial charge in [-0.3, -0.25) is 25.0 Å². The predicted molar refractivity (Wildman–Crippen MR) is 106 cm³/mol. The standard InChI is InChI=1S/C16H16N6O6S/c23-15(24)8-9-16(29)17-19(11-4-2-1-3-5-11)20(18-16)13-7-6-12(21(25)26)10-14(13)22(27)28/h1-7,10,17-18,29H,8-9H2,(H,23,24). The summed E-state index contributed by atoms with van der Waals surface area (Å²) in [4.78, 5) is 30.8. The summed E-state index contributed by atoms with van der Waals surface area (Å²) in [5, 5.41) is 34.2. The lowest BCUT2D eigenvalue weighted by molar-refractivity contribution is -0.393. The molecular weight excluding hydrogens is 404 g/mol. The van der Waals surface area contributed by atoms with E-state index in [9.17, 15) is 25.0 Å². The monoisotopic (exact) mass is 420 g/mol. The van der Waals surface area contributed by atoms with Gasteiger partial charge in [-0.15, -0.1) is 12.6 Å². The number of benzene rings is 2. The Labute approximate surface area is 169 Å². The molecule has 1 heterocycles. The fraction of sp³-hybridized carbons (Fsp3) is 0.188. The van der Waals surface area contributed by atoms with Crippen LogP contribution in [0.1, 0.15) is 12.8 Å². The van der Waals surface area contributed by atoms with E-state index in [1.807, 2.05) is 0 Å². The Bertz CT molecular complexity index is 960. The van der Waals surface area contributed by atoms with Gasteiger partial charge < -0.3 is 5.11 Å². The largest absolute Gasteiger partial charge is 0.481 e. The Morgan fingerprint density at radius 2 is 1.72 bits per heavy atom. The zero-order valence-corrected chi connectivity index (χ0v) is 15.7. The van der Waals surface area contributed by atoms with Crippen LogP contribution in [0.25, 0.3) is 0 Å². The third-order valence-corrected chi connectivity index (χ3v) is 4.50. The number of carboxylic acid groups (broad SMARTS) is 1. The first-order chi connectivity index (χ1) is 13.7. The maximum Gasteiger partial charge on any atom is 0.303 e. The maximum absolute atomic E-state index is 11.6. The number of carboxylic acids is 1. The zero-order chi connectivity index (χ0) is 21.2. The number of nitrogens with one attached hydrogen (secondary N) is 2. The quantitative estimate of drug-likeness (QED) is 0.298. The average Bonchev–Trinajstić information content (AvgIpc) is 3.04. The molecule has 3 rings (SSSR count). The van der Waals surface area contributed by atoms with E-state index in [1.54, 1.807) is 30.3 Å². The number of para-hydroxylation sites is 1. The van der Waals surface area contributed by atoms with Crippen molar-refractivity contribution >= 4 is 41.3 Å². The van der Waals surface area contributed by atoms with Gasteiger partial charge >= 0.3 is 11.7 Å². The maximum atomic E-state index is 11.6. The summed E-state index contributed by atoms with van der Waals surface area (Å²) >= 11 is 4.47. The first kappa shape index (κ1) is 20.3. The van der Waals surface area contributed by atoms with E-state index in [4.69, 9.17) is 5.11 Å². The molecule has 1 saturated heterocycles. The number of nitro groups is 2. The molecule has 152 valence electrons. The summed E-state index contributed by atoms with van der Waals surface area (Å²) in [7, 11) is 0. The van der Waals surface area contributed by atoms with Crippen molar-refractivity contribution in [1.82, 2.24) is 10.9 Å². The zero-order valence-electron chi connectivity index (χ0n) is 14.8. The molecule has 12 nitrogen and oxygen atoms in total. The molecule has 29 heavy (non-hydrogen) atoms. The molecule has 0 aliphatic carbocycles. The number of hydrogen-bond donors (Lipinski definition) is 4. The van der Waals surface area contributed by atoms with Crippen LogP contribution in [0, 0.1) is 20.2 Å². The Kier molecular flexibility index (Phi) is 5.54.